The van der Waals surface area contributed by atoms with Crippen molar-refractivity contribution in [3.05, 3.63) is 77.1 Å². The normalized spacial score (nSPS) is 12.7. The number of allylic oxidation sites excluding steroid dienone is 1. The van der Waals surface area contributed by atoms with Crippen molar-refractivity contribution in [2.24, 2.45) is 7.05 Å². The Morgan fingerprint density at radius 1 is 1.10 bits per heavy atom. The van der Waals surface area contributed by atoms with Crippen LogP contribution in [0.3, 0.4) is 0 Å². The summed E-state index contributed by atoms with van der Waals surface area (Å²) >= 11 is 0. The number of nitrogens with zero attached hydrogens (tertiary/aromatic N) is 3. The Morgan fingerprint density at radius 2 is 1.79 bits per heavy atom. The average molecular weight is 407 g/mol. The summed E-state index contributed by atoms with van der Waals surface area (Å²) in [4.78, 5) is -0.918. The Balaban J connectivity index is 2.02. The van der Waals surface area contributed by atoms with Gasteiger partial charge in [-0.1, -0.05) is 30.3 Å². The van der Waals surface area contributed by atoms with Gasteiger partial charge in [-0.05, 0) is 35.7 Å². The number of aliphatic hydroxyl groups excluding tert-OH is 1. The van der Waals surface area contributed by atoms with E-state index in [0.29, 0.717) is 16.3 Å². The van der Waals surface area contributed by atoms with Gasteiger partial charge in [0.2, 0.25) is 9.84 Å². The first-order valence-corrected chi connectivity index (χ1v) is 10.0. The third-order valence-electron chi connectivity index (χ3n) is 4.65. The van der Waals surface area contributed by atoms with Crippen LogP contribution in [0.5, 0.6) is 0 Å². The van der Waals surface area contributed by atoms with Crippen LogP contribution in [-0.4, -0.2) is 23.3 Å². The molecule has 0 spiro atoms. The van der Waals surface area contributed by atoms with Gasteiger partial charge < -0.3 is 5.11 Å². The van der Waals surface area contributed by atoms with E-state index in [2.05, 4.69) is 5.10 Å². The fourth-order valence-corrected chi connectivity index (χ4v) is 4.53. The molecule has 4 rings (SSSR count). The highest BCUT2D eigenvalue weighted by atomic mass is 32.2. The first-order valence-electron chi connectivity index (χ1n) is 8.53. The predicted octanol–water partition coefficient (Wildman–Crippen LogP) is 4.09. The third kappa shape index (κ3) is 2.92. The molecule has 0 atom stereocenters. The van der Waals surface area contributed by atoms with Crippen molar-refractivity contribution in [2.45, 2.75) is 4.90 Å². The lowest BCUT2D eigenvalue weighted by Crippen LogP contribution is -2.07. The Kier molecular flexibility index (Phi) is 4.32. The average Bonchev–Trinajstić information content (AvgIpc) is 3.06. The topological polar surface area (TPSA) is 96.0 Å². The summed E-state index contributed by atoms with van der Waals surface area (Å²) in [5.41, 5.74) is 0.447. The summed E-state index contributed by atoms with van der Waals surface area (Å²) in [6, 6.07) is 16.6. The lowest BCUT2D eigenvalue weighted by atomic mass is 10.1. The molecule has 4 aromatic rings. The molecule has 1 heterocycles. The quantitative estimate of drug-likeness (QED) is 0.408. The Morgan fingerprint density at radius 3 is 2.48 bits per heavy atom. The molecule has 0 amide bonds. The smallest absolute Gasteiger partial charge is 0.220 e. The Labute approximate surface area is 165 Å². The van der Waals surface area contributed by atoms with Crippen LogP contribution in [0.15, 0.2) is 70.5 Å². The third-order valence-corrected chi connectivity index (χ3v) is 6.36. The zero-order valence-corrected chi connectivity index (χ0v) is 16.0. The van der Waals surface area contributed by atoms with Crippen LogP contribution in [0.25, 0.3) is 27.4 Å². The van der Waals surface area contributed by atoms with Crippen molar-refractivity contribution in [3.8, 4) is 6.07 Å². The van der Waals surface area contributed by atoms with Crippen LogP contribution in [0.2, 0.25) is 0 Å². The lowest BCUT2D eigenvalue weighted by molar-refractivity contribution is 0.505. The molecule has 6 nitrogen and oxygen atoms in total. The molecule has 0 aliphatic rings. The van der Waals surface area contributed by atoms with E-state index in [-0.39, 0.29) is 10.6 Å². The van der Waals surface area contributed by atoms with Gasteiger partial charge in [-0.2, -0.15) is 10.4 Å². The summed E-state index contributed by atoms with van der Waals surface area (Å²) in [6.45, 7) is 0. The number of nitriles is 1. The van der Waals surface area contributed by atoms with E-state index in [1.807, 2.05) is 0 Å². The Bertz CT molecular complexity index is 1450. The molecule has 3 aromatic carbocycles. The summed E-state index contributed by atoms with van der Waals surface area (Å²) in [5.74, 6) is -1.19. The minimum absolute atomic E-state index is 0.0651. The van der Waals surface area contributed by atoms with E-state index >= 15 is 0 Å². The van der Waals surface area contributed by atoms with E-state index in [9.17, 15) is 23.2 Å². The number of aryl methyl sites for hydroxylation is 1. The van der Waals surface area contributed by atoms with Crippen molar-refractivity contribution in [1.82, 2.24) is 9.78 Å². The number of hydrogen-bond donors (Lipinski definition) is 1. The van der Waals surface area contributed by atoms with Crippen molar-refractivity contribution >= 4 is 37.3 Å². The van der Waals surface area contributed by atoms with Gasteiger partial charge >= 0.3 is 0 Å². The van der Waals surface area contributed by atoms with Crippen molar-refractivity contribution in [3.63, 3.8) is 0 Å². The van der Waals surface area contributed by atoms with E-state index in [1.165, 1.54) is 41.1 Å². The number of halogens is 1. The predicted molar refractivity (Wildman–Crippen MR) is 107 cm³/mol. The fraction of sp³-hybridized carbons (Fsp3) is 0.0476. The number of sulfone groups is 1. The van der Waals surface area contributed by atoms with Crippen LogP contribution < -0.4 is 0 Å². The maximum Gasteiger partial charge on any atom is 0.220 e. The number of aromatic nitrogens is 2. The second-order valence-electron chi connectivity index (χ2n) is 6.41. The minimum atomic E-state index is -4.25. The molecular weight excluding hydrogens is 393 g/mol. The Hall–Kier alpha value is -3.70. The van der Waals surface area contributed by atoms with Crippen molar-refractivity contribution < 1.29 is 17.9 Å². The number of fused-ring (bicyclic) bond motifs is 3. The van der Waals surface area contributed by atoms with Gasteiger partial charge in [0.15, 0.2) is 10.7 Å². The highest BCUT2D eigenvalue weighted by molar-refractivity contribution is 7.95. The summed E-state index contributed by atoms with van der Waals surface area (Å²) in [7, 11) is -2.65. The molecule has 0 aliphatic carbocycles. The largest absolute Gasteiger partial charge is 0.504 e. The molecule has 144 valence electrons. The van der Waals surface area contributed by atoms with Gasteiger partial charge in [-0.3, -0.25) is 4.68 Å². The van der Waals surface area contributed by atoms with Crippen LogP contribution >= 0.6 is 0 Å². The van der Waals surface area contributed by atoms with Gasteiger partial charge in [0.25, 0.3) is 0 Å². The van der Waals surface area contributed by atoms with Gasteiger partial charge in [0, 0.05) is 17.8 Å². The van der Waals surface area contributed by atoms with Crippen molar-refractivity contribution in [1.29, 1.82) is 5.26 Å². The molecule has 0 fully saturated rings. The molecule has 0 bridgehead atoms. The number of rotatable bonds is 3. The van der Waals surface area contributed by atoms with Gasteiger partial charge in [-0.25, -0.2) is 12.8 Å². The molecule has 29 heavy (non-hydrogen) atoms. The molecule has 0 saturated carbocycles. The molecule has 0 unspecified atom stereocenters. The SMILES string of the molecule is Cn1nc(/C(O)=C(\C#N)S(=O)(=O)c2ccccc2)c2ccc3ccc(F)cc3c21. The van der Waals surface area contributed by atoms with E-state index in [4.69, 9.17) is 0 Å². The number of benzene rings is 3. The van der Waals surface area contributed by atoms with Crippen LogP contribution in [0.1, 0.15) is 5.69 Å². The highest BCUT2D eigenvalue weighted by Crippen LogP contribution is 2.33. The van der Waals surface area contributed by atoms with Crippen LogP contribution in [0, 0.1) is 17.1 Å². The van der Waals surface area contributed by atoms with E-state index < -0.39 is 26.3 Å². The highest BCUT2D eigenvalue weighted by Gasteiger charge is 2.28. The first-order chi connectivity index (χ1) is 13.8. The monoisotopic (exact) mass is 407 g/mol. The van der Waals surface area contributed by atoms with Crippen LogP contribution in [0.4, 0.5) is 4.39 Å². The van der Waals surface area contributed by atoms with Gasteiger partial charge in [0.1, 0.15) is 17.6 Å². The maximum atomic E-state index is 13.8. The zero-order chi connectivity index (χ0) is 20.8. The molecular formula is C21H14FN3O3S. The number of aliphatic hydroxyl groups is 1. The zero-order valence-electron chi connectivity index (χ0n) is 15.2. The summed E-state index contributed by atoms with van der Waals surface area (Å²) < 4.78 is 40.9. The lowest BCUT2D eigenvalue weighted by Gasteiger charge is -2.05. The second kappa shape index (κ2) is 6.72. The standard InChI is InChI=1S/C21H14FN3O3S/c1-25-20-16(10-8-13-7-9-14(22)11-17(13)20)19(24-25)21(26)18(12-23)29(27,28)15-5-3-2-4-6-15/h2-11,26H,1H3/b21-18-. The fourth-order valence-electron chi connectivity index (χ4n) is 3.31. The molecule has 1 N–H and O–H groups in total. The molecule has 0 saturated heterocycles. The summed E-state index contributed by atoms with van der Waals surface area (Å²) in [5, 5.41) is 26.2. The van der Waals surface area contributed by atoms with Crippen LogP contribution in [-0.2, 0) is 16.9 Å². The van der Waals surface area contributed by atoms with Gasteiger partial charge in [-0.15, -0.1) is 0 Å². The first kappa shape index (κ1) is 18.7. The maximum absolute atomic E-state index is 13.8. The molecule has 1 aromatic heterocycles. The van der Waals surface area contributed by atoms with E-state index in [0.717, 1.165) is 5.39 Å². The molecule has 0 aliphatic heterocycles. The van der Waals surface area contributed by atoms with Crippen molar-refractivity contribution in [2.75, 3.05) is 0 Å². The second-order valence-corrected chi connectivity index (χ2v) is 8.29. The van der Waals surface area contributed by atoms with E-state index in [1.54, 1.807) is 37.4 Å². The minimum Gasteiger partial charge on any atom is -0.504 e. The number of hydrogen-bond acceptors (Lipinski definition) is 5. The molecule has 0 radical (unpaired) electrons. The molecule has 8 heteroatoms. The van der Waals surface area contributed by atoms with Gasteiger partial charge in [0.05, 0.1) is 10.4 Å². The summed E-state index contributed by atoms with van der Waals surface area (Å²) in [6.07, 6.45) is 0.